The molecule has 0 saturated heterocycles. The summed E-state index contributed by atoms with van der Waals surface area (Å²) in [6.07, 6.45) is 6.80. The summed E-state index contributed by atoms with van der Waals surface area (Å²) in [5.41, 5.74) is 0. The molecular formula is C18H34IN5O. The highest BCUT2D eigenvalue weighted by atomic mass is 127. The van der Waals surface area contributed by atoms with Gasteiger partial charge in [-0.1, -0.05) is 25.9 Å². The Morgan fingerprint density at radius 3 is 2.60 bits per heavy atom. The predicted molar refractivity (Wildman–Crippen MR) is 113 cm³/mol. The molecule has 1 aromatic heterocycles. The van der Waals surface area contributed by atoms with Crippen LogP contribution in [-0.4, -0.2) is 35.2 Å². The third kappa shape index (κ3) is 7.92. The van der Waals surface area contributed by atoms with Crippen molar-refractivity contribution in [3.63, 3.8) is 0 Å². The van der Waals surface area contributed by atoms with Gasteiger partial charge in [-0.15, -0.1) is 24.0 Å². The molecule has 25 heavy (non-hydrogen) atoms. The maximum atomic E-state index is 5.27. The summed E-state index contributed by atoms with van der Waals surface area (Å²) in [4.78, 5) is 9.09. The third-order valence-electron chi connectivity index (χ3n) is 4.52. The number of rotatable bonds is 7. The largest absolute Gasteiger partial charge is 0.357 e. The maximum absolute atomic E-state index is 5.27. The molecule has 1 aliphatic rings. The highest BCUT2D eigenvalue weighted by Crippen LogP contribution is 2.23. The first-order valence-electron chi connectivity index (χ1n) is 9.45. The second-order valence-electron chi connectivity index (χ2n) is 7.17. The topological polar surface area (TPSA) is 75.3 Å². The number of aromatic nitrogens is 2. The SMILES string of the molecule is CCNC(=NCCCc1nc(C(C)C)no1)NC1CCC(C)CC1.I. The fraction of sp³-hybridized carbons (Fsp3) is 0.833. The van der Waals surface area contributed by atoms with Gasteiger partial charge in [-0.3, -0.25) is 4.99 Å². The highest BCUT2D eigenvalue weighted by molar-refractivity contribution is 14.0. The monoisotopic (exact) mass is 463 g/mol. The van der Waals surface area contributed by atoms with E-state index in [-0.39, 0.29) is 24.0 Å². The molecule has 0 aliphatic heterocycles. The minimum absolute atomic E-state index is 0. The number of nitrogens with zero attached hydrogens (tertiary/aromatic N) is 3. The van der Waals surface area contributed by atoms with E-state index in [4.69, 9.17) is 4.52 Å². The number of guanidine groups is 1. The Bertz CT molecular complexity index is 509. The maximum Gasteiger partial charge on any atom is 0.226 e. The number of nitrogens with one attached hydrogen (secondary N) is 2. The Kier molecular flexibility index (Phi) is 10.4. The van der Waals surface area contributed by atoms with E-state index in [2.05, 4.69) is 53.5 Å². The molecule has 2 rings (SSSR count). The highest BCUT2D eigenvalue weighted by Gasteiger charge is 2.18. The molecule has 144 valence electrons. The summed E-state index contributed by atoms with van der Waals surface area (Å²) in [6, 6.07) is 0.559. The molecule has 2 N–H and O–H groups in total. The zero-order valence-corrected chi connectivity index (χ0v) is 18.4. The van der Waals surface area contributed by atoms with Gasteiger partial charge in [-0.2, -0.15) is 4.98 Å². The van der Waals surface area contributed by atoms with Crippen LogP contribution in [0.3, 0.4) is 0 Å². The van der Waals surface area contributed by atoms with Gasteiger partial charge in [-0.25, -0.2) is 0 Å². The van der Waals surface area contributed by atoms with Crippen LogP contribution in [-0.2, 0) is 6.42 Å². The molecule has 1 fully saturated rings. The first-order valence-corrected chi connectivity index (χ1v) is 9.45. The van der Waals surface area contributed by atoms with E-state index in [9.17, 15) is 0 Å². The fourth-order valence-electron chi connectivity index (χ4n) is 2.94. The minimum Gasteiger partial charge on any atom is -0.357 e. The summed E-state index contributed by atoms with van der Waals surface area (Å²) in [6.45, 7) is 10.2. The number of hydrogen-bond acceptors (Lipinski definition) is 4. The fourth-order valence-corrected chi connectivity index (χ4v) is 2.94. The number of hydrogen-bond donors (Lipinski definition) is 2. The van der Waals surface area contributed by atoms with E-state index in [0.29, 0.717) is 17.9 Å². The minimum atomic E-state index is 0. The molecule has 0 atom stereocenters. The molecule has 0 unspecified atom stereocenters. The van der Waals surface area contributed by atoms with Crippen LogP contribution in [0.15, 0.2) is 9.52 Å². The zero-order valence-electron chi connectivity index (χ0n) is 16.0. The Hall–Kier alpha value is -0.860. The average molecular weight is 463 g/mol. The molecule has 1 aliphatic carbocycles. The summed E-state index contributed by atoms with van der Waals surface area (Å²) in [5, 5.41) is 10.9. The number of halogens is 1. The molecule has 1 aromatic rings. The molecule has 0 bridgehead atoms. The predicted octanol–water partition coefficient (Wildman–Crippen LogP) is 3.88. The summed E-state index contributed by atoms with van der Waals surface area (Å²) in [5.74, 6) is 3.62. The van der Waals surface area contributed by atoms with E-state index in [1.54, 1.807) is 0 Å². The van der Waals surface area contributed by atoms with Crippen LogP contribution in [0.4, 0.5) is 0 Å². The van der Waals surface area contributed by atoms with Crippen molar-refractivity contribution in [3.8, 4) is 0 Å². The molecule has 0 aromatic carbocycles. The van der Waals surface area contributed by atoms with Crippen molar-refractivity contribution in [2.24, 2.45) is 10.9 Å². The van der Waals surface area contributed by atoms with E-state index in [0.717, 1.165) is 43.6 Å². The van der Waals surface area contributed by atoms with Gasteiger partial charge < -0.3 is 15.2 Å². The van der Waals surface area contributed by atoms with Crippen LogP contribution in [0.2, 0.25) is 0 Å². The summed E-state index contributed by atoms with van der Waals surface area (Å²) < 4.78 is 5.27. The van der Waals surface area contributed by atoms with Crippen LogP contribution in [0.25, 0.3) is 0 Å². The first kappa shape index (κ1) is 22.2. The Balaban J connectivity index is 0.00000312. The summed E-state index contributed by atoms with van der Waals surface area (Å²) in [7, 11) is 0. The smallest absolute Gasteiger partial charge is 0.226 e. The lowest BCUT2D eigenvalue weighted by Gasteiger charge is -2.28. The van der Waals surface area contributed by atoms with Crippen LogP contribution in [0.5, 0.6) is 0 Å². The van der Waals surface area contributed by atoms with Crippen LogP contribution >= 0.6 is 24.0 Å². The number of aryl methyl sites for hydroxylation is 1. The average Bonchev–Trinajstić information content (AvgIpc) is 3.03. The first-order chi connectivity index (χ1) is 11.6. The van der Waals surface area contributed by atoms with Gasteiger partial charge in [0.25, 0.3) is 0 Å². The van der Waals surface area contributed by atoms with E-state index >= 15 is 0 Å². The Morgan fingerprint density at radius 1 is 1.28 bits per heavy atom. The molecule has 0 spiro atoms. The van der Waals surface area contributed by atoms with E-state index in [1.165, 1.54) is 25.7 Å². The molecule has 0 radical (unpaired) electrons. The molecule has 7 heteroatoms. The number of aliphatic imine (C=N–C) groups is 1. The normalized spacial score (nSPS) is 21.1. The van der Waals surface area contributed by atoms with Crippen molar-refractivity contribution in [1.82, 2.24) is 20.8 Å². The van der Waals surface area contributed by atoms with Crippen molar-refractivity contribution in [2.75, 3.05) is 13.1 Å². The Labute approximate surface area is 169 Å². The van der Waals surface area contributed by atoms with Crippen molar-refractivity contribution in [3.05, 3.63) is 11.7 Å². The van der Waals surface area contributed by atoms with Crippen LogP contribution in [0.1, 0.15) is 77.4 Å². The van der Waals surface area contributed by atoms with Crippen LogP contribution in [0, 0.1) is 5.92 Å². The Morgan fingerprint density at radius 2 is 2.00 bits per heavy atom. The van der Waals surface area contributed by atoms with Gasteiger partial charge in [0.15, 0.2) is 11.8 Å². The van der Waals surface area contributed by atoms with Crippen molar-refractivity contribution >= 4 is 29.9 Å². The summed E-state index contributed by atoms with van der Waals surface area (Å²) >= 11 is 0. The van der Waals surface area contributed by atoms with Gasteiger partial charge in [0.1, 0.15) is 0 Å². The molecule has 0 amide bonds. The lowest BCUT2D eigenvalue weighted by molar-refractivity contribution is 0.329. The van der Waals surface area contributed by atoms with Gasteiger partial charge in [0.05, 0.1) is 0 Å². The third-order valence-corrected chi connectivity index (χ3v) is 4.52. The van der Waals surface area contributed by atoms with Gasteiger partial charge in [-0.05, 0) is 44.9 Å². The van der Waals surface area contributed by atoms with Crippen molar-refractivity contribution in [1.29, 1.82) is 0 Å². The van der Waals surface area contributed by atoms with Gasteiger partial charge in [0, 0.05) is 31.5 Å². The quantitative estimate of drug-likeness (QED) is 0.278. The lowest BCUT2D eigenvalue weighted by atomic mass is 9.87. The second-order valence-corrected chi connectivity index (χ2v) is 7.17. The molecular weight excluding hydrogens is 429 g/mol. The molecule has 6 nitrogen and oxygen atoms in total. The van der Waals surface area contributed by atoms with Crippen molar-refractivity contribution < 1.29 is 4.52 Å². The molecule has 1 saturated carbocycles. The van der Waals surface area contributed by atoms with E-state index in [1.807, 2.05) is 0 Å². The zero-order chi connectivity index (χ0) is 17.4. The lowest BCUT2D eigenvalue weighted by Crippen LogP contribution is -2.44. The molecule has 1 heterocycles. The standard InChI is InChI=1S/C18H33N5O.HI/c1-5-19-18(21-15-10-8-14(4)9-11-15)20-12-6-7-16-22-17(13(2)3)23-24-16;/h13-15H,5-12H2,1-4H3,(H2,19,20,21);1H. The van der Waals surface area contributed by atoms with Crippen LogP contribution < -0.4 is 10.6 Å². The van der Waals surface area contributed by atoms with Gasteiger partial charge >= 0.3 is 0 Å². The van der Waals surface area contributed by atoms with Gasteiger partial charge in [0.2, 0.25) is 5.89 Å². The second kappa shape index (κ2) is 11.7. The van der Waals surface area contributed by atoms with Crippen molar-refractivity contribution in [2.45, 2.75) is 78.2 Å². The van der Waals surface area contributed by atoms with E-state index < -0.39 is 0 Å².